The van der Waals surface area contributed by atoms with Gasteiger partial charge in [-0.3, -0.25) is 14.4 Å². The van der Waals surface area contributed by atoms with E-state index in [1.165, 1.54) is 51.0 Å². The Kier molecular flexibility index (Phi) is 9.30. The molecule has 48 heavy (non-hydrogen) atoms. The van der Waals surface area contributed by atoms with Crippen LogP contribution in [0.15, 0.2) is 46.0 Å². The number of ether oxygens (including phenoxy) is 6. The zero-order valence-corrected chi connectivity index (χ0v) is 28.0. The molecule has 5 rings (SSSR count). The van der Waals surface area contributed by atoms with E-state index >= 15 is 0 Å². The summed E-state index contributed by atoms with van der Waals surface area (Å²) in [7, 11) is 0. The van der Waals surface area contributed by atoms with E-state index in [0.717, 1.165) is 6.92 Å². The number of furan rings is 2. The summed E-state index contributed by atoms with van der Waals surface area (Å²) >= 11 is 0. The average molecular weight is 675 g/mol. The molecule has 9 atom stereocenters. The second-order valence-corrected chi connectivity index (χ2v) is 13.6. The van der Waals surface area contributed by atoms with Gasteiger partial charge < -0.3 is 42.4 Å². The summed E-state index contributed by atoms with van der Waals surface area (Å²) in [6.45, 7) is 10.0. The van der Waals surface area contributed by atoms with E-state index in [1.807, 2.05) is 0 Å². The quantitative estimate of drug-likeness (QED) is 0.283. The van der Waals surface area contributed by atoms with Crippen molar-refractivity contribution < 1.29 is 66.3 Å². The third-order valence-corrected chi connectivity index (χ3v) is 10.1. The standard InChI is InChI=1S/C34H42O14/c1-8-18(2)28(37)47-27-24(45-29(38)21-9-11-41-15-21)14-32(7,40)34-26(44-20(4)36)23(31(5,6)48-34)13-25(33(27,34)17-43-19(3)35)46-30(39)22-10-12-42-16-22/h9-12,15-16,18,23-27,40H,8,13-14,17H2,1-7H3/t18-,23+,24-,25-,26+,27-,32-,33+,34-/m0/s1. The Labute approximate surface area is 277 Å². The van der Waals surface area contributed by atoms with E-state index in [1.54, 1.807) is 27.7 Å². The van der Waals surface area contributed by atoms with Crippen molar-refractivity contribution in [1.82, 2.24) is 0 Å². The van der Waals surface area contributed by atoms with Gasteiger partial charge >= 0.3 is 29.8 Å². The largest absolute Gasteiger partial charge is 0.472 e. The Balaban J connectivity index is 1.80. The van der Waals surface area contributed by atoms with E-state index < -0.39 is 94.9 Å². The Morgan fingerprint density at radius 1 is 0.896 bits per heavy atom. The van der Waals surface area contributed by atoms with Crippen LogP contribution >= 0.6 is 0 Å². The number of aliphatic hydroxyl groups is 1. The molecule has 1 spiro atoms. The number of fused-ring (bicyclic) bond motifs is 1. The summed E-state index contributed by atoms with van der Waals surface area (Å²) in [5, 5.41) is 12.7. The summed E-state index contributed by atoms with van der Waals surface area (Å²) in [4.78, 5) is 66.1. The highest BCUT2D eigenvalue weighted by atomic mass is 16.6. The lowest BCUT2D eigenvalue weighted by molar-refractivity contribution is -0.355. The molecule has 0 unspecified atom stereocenters. The van der Waals surface area contributed by atoms with Crippen LogP contribution in [-0.2, 0) is 42.8 Å². The maximum absolute atomic E-state index is 13.7. The van der Waals surface area contributed by atoms with Crippen LogP contribution in [0.4, 0.5) is 0 Å². The van der Waals surface area contributed by atoms with Crippen molar-refractivity contribution in [3.8, 4) is 0 Å². The van der Waals surface area contributed by atoms with Gasteiger partial charge in [0.15, 0.2) is 11.7 Å². The Morgan fingerprint density at radius 3 is 2.02 bits per heavy atom. The first-order chi connectivity index (χ1) is 22.5. The fourth-order valence-electron chi connectivity index (χ4n) is 7.80. The molecule has 2 aliphatic carbocycles. The molecule has 1 N–H and O–H groups in total. The lowest BCUT2D eigenvalue weighted by Gasteiger charge is -2.65. The van der Waals surface area contributed by atoms with E-state index in [4.69, 9.17) is 37.3 Å². The third-order valence-electron chi connectivity index (χ3n) is 10.1. The zero-order chi connectivity index (χ0) is 35.2. The number of hydrogen-bond acceptors (Lipinski definition) is 14. The molecular formula is C34H42O14. The topological polar surface area (TPSA) is 187 Å². The minimum Gasteiger partial charge on any atom is -0.472 e. The van der Waals surface area contributed by atoms with Gasteiger partial charge in [0.25, 0.3) is 0 Å². The van der Waals surface area contributed by atoms with Gasteiger partial charge in [0, 0.05) is 26.2 Å². The third kappa shape index (κ3) is 5.68. The Morgan fingerprint density at radius 2 is 1.50 bits per heavy atom. The smallest absolute Gasteiger partial charge is 0.341 e. The van der Waals surface area contributed by atoms with Crippen molar-refractivity contribution in [1.29, 1.82) is 0 Å². The number of esters is 5. The highest BCUT2D eigenvalue weighted by Crippen LogP contribution is 2.69. The highest BCUT2D eigenvalue weighted by Gasteiger charge is 2.86. The van der Waals surface area contributed by atoms with Gasteiger partial charge in [0.1, 0.15) is 42.9 Å². The van der Waals surface area contributed by atoms with Crippen molar-refractivity contribution >= 4 is 29.8 Å². The SMILES string of the molecule is CC[C@H](C)C(=O)O[C@H]1[C@@H](OC(=O)c2ccoc2)C[C@](C)(O)[C@]23OC(C)(C)[C@H](C[C@H](OC(=O)c4ccoc4)[C@]12COC(C)=O)[C@H]3OC(C)=O. The lowest BCUT2D eigenvalue weighted by Crippen LogP contribution is -2.83. The molecule has 0 radical (unpaired) electrons. The monoisotopic (exact) mass is 674 g/mol. The van der Waals surface area contributed by atoms with Crippen molar-refractivity contribution in [2.75, 3.05) is 6.61 Å². The molecular weight excluding hydrogens is 632 g/mol. The summed E-state index contributed by atoms with van der Waals surface area (Å²) in [6, 6.07) is 2.77. The predicted molar refractivity (Wildman–Crippen MR) is 161 cm³/mol. The molecule has 2 aromatic heterocycles. The first-order valence-corrected chi connectivity index (χ1v) is 15.9. The molecule has 3 aliphatic rings. The minimum atomic E-state index is -2.07. The van der Waals surface area contributed by atoms with Gasteiger partial charge in [0.05, 0.1) is 40.8 Å². The van der Waals surface area contributed by atoms with Crippen LogP contribution in [-0.4, -0.2) is 82.8 Å². The van der Waals surface area contributed by atoms with E-state index in [2.05, 4.69) is 0 Å². The van der Waals surface area contributed by atoms with Crippen molar-refractivity contribution in [2.24, 2.45) is 17.3 Å². The molecule has 3 fully saturated rings. The second kappa shape index (κ2) is 12.7. The fourth-order valence-corrected chi connectivity index (χ4v) is 7.80. The second-order valence-electron chi connectivity index (χ2n) is 13.6. The number of hydrogen-bond donors (Lipinski definition) is 1. The molecule has 2 bridgehead atoms. The summed E-state index contributed by atoms with van der Waals surface area (Å²) in [6.07, 6.45) is -0.729. The van der Waals surface area contributed by atoms with Gasteiger partial charge in [-0.05, 0) is 45.7 Å². The highest BCUT2D eigenvalue weighted by molar-refractivity contribution is 5.89. The van der Waals surface area contributed by atoms with Gasteiger partial charge in [0.2, 0.25) is 0 Å². The average Bonchev–Trinajstić information content (AvgIpc) is 3.76. The van der Waals surface area contributed by atoms with E-state index in [0.29, 0.717) is 6.42 Å². The number of carbonyl (C=O) groups is 5. The molecule has 2 saturated carbocycles. The van der Waals surface area contributed by atoms with Crippen LogP contribution in [0.3, 0.4) is 0 Å². The normalized spacial score (nSPS) is 33.9. The molecule has 1 aliphatic heterocycles. The fraction of sp³-hybridized carbons (Fsp3) is 0.618. The molecule has 0 aromatic carbocycles. The van der Waals surface area contributed by atoms with Crippen LogP contribution in [0.1, 0.15) is 88.4 Å². The molecule has 262 valence electrons. The van der Waals surface area contributed by atoms with Crippen LogP contribution < -0.4 is 0 Å². The first-order valence-electron chi connectivity index (χ1n) is 15.9. The molecule has 3 heterocycles. The molecule has 0 amide bonds. The van der Waals surface area contributed by atoms with Crippen LogP contribution in [0.2, 0.25) is 0 Å². The molecule has 14 heteroatoms. The summed E-state index contributed by atoms with van der Waals surface area (Å²) in [5.41, 5.74) is -7.21. The van der Waals surface area contributed by atoms with Crippen molar-refractivity contribution in [3.05, 3.63) is 48.3 Å². The number of rotatable bonds is 10. The van der Waals surface area contributed by atoms with E-state index in [9.17, 15) is 29.1 Å². The molecule has 2 aromatic rings. The lowest BCUT2D eigenvalue weighted by atomic mass is 9.46. The molecule has 14 nitrogen and oxygen atoms in total. The van der Waals surface area contributed by atoms with Gasteiger partial charge in [-0.15, -0.1) is 0 Å². The first kappa shape index (κ1) is 35.1. The van der Waals surface area contributed by atoms with Crippen LogP contribution in [0, 0.1) is 17.3 Å². The zero-order valence-electron chi connectivity index (χ0n) is 28.0. The van der Waals surface area contributed by atoms with Crippen LogP contribution in [0.5, 0.6) is 0 Å². The van der Waals surface area contributed by atoms with Crippen molar-refractivity contribution in [2.45, 2.75) is 109 Å². The van der Waals surface area contributed by atoms with Crippen LogP contribution in [0.25, 0.3) is 0 Å². The molecule has 1 saturated heterocycles. The maximum atomic E-state index is 13.7. The predicted octanol–water partition coefficient (Wildman–Crippen LogP) is 3.78. The van der Waals surface area contributed by atoms with Gasteiger partial charge in [-0.1, -0.05) is 13.8 Å². The summed E-state index contributed by atoms with van der Waals surface area (Å²) < 4.78 is 47.2. The Bertz CT molecular complexity index is 1520. The number of carbonyl (C=O) groups excluding carboxylic acids is 5. The Hall–Kier alpha value is -4.17. The summed E-state index contributed by atoms with van der Waals surface area (Å²) in [5.74, 6) is -5.18. The van der Waals surface area contributed by atoms with Crippen molar-refractivity contribution in [3.63, 3.8) is 0 Å². The van der Waals surface area contributed by atoms with E-state index in [-0.39, 0.29) is 24.0 Å². The van der Waals surface area contributed by atoms with Gasteiger partial charge in [-0.25, -0.2) is 9.59 Å². The maximum Gasteiger partial charge on any atom is 0.341 e. The minimum absolute atomic E-state index is 0.0404. The van der Waals surface area contributed by atoms with Gasteiger partial charge in [-0.2, -0.15) is 0 Å².